The number of nitrogens with zero attached hydrogens (tertiary/aromatic N) is 1. The number of carbonyl (C=O) groups is 1. The van der Waals surface area contributed by atoms with Crippen molar-refractivity contribution in [1.29, 1.82) is 0 Å². The van der Waals surface area contributed by atoms with Crippen molar-refractivity contribution >= 4 is 17.5 Å². The van der Waals surface area contributed by atoms with E-state index in [1.54, 1.807) is 0 Å². The Morgan fingerprint density at radius 3 is 2.59 bits per heavy atom. The molecule has 0 aliphatic heterocycles. The predicted molar refractivity (Wildman–Crippen MR) is 89.8 cm³/mol. The van der Waals surface area contributed by atoms with Gasteiger partial charge in [-0.3, -0.25) is 4.79 Å². The van der Waals surface area contributed by atoms with Crippen LogP contribution in [0.15, 0.2) is 30.5 Å². The molecule has 0 saturated heterocycles. The standard InChI is InChI=1S/C17H22ClN3O/c1-17(2,3)10-15(22)19-9-8-14-11-20-16(21-14)12-4-6-13(18)7-5-12/h4-7,11H,8-10H2,1-3H3,(H,19,22)(H,20,21). The van der Waals surface area contributed by atoms with Crippen LogP contribution in [0.4, 0.5) is 0 Å². The van der Waals surface area contributed by atoms with Crippen molar-refractivity contribution in [1.82, 2.24) is 15.3 Å². The number of halogens is 1. The van der Waals surface area contributed by atoms with E-state index in [0.717, 1.165) is 17.1 Å². The Balaban J connectivity index is 1.85. The molecular weight excluding hydrogens is 298 g/mol. The second-order valence-electron chi connectivity index (χ2n) is 6.58. The van der Waals surface area contributed by atoms with Crippen LogP contribution in [-0.4, -0.2) is 22.4 Å². The second-order valence-corrected chi connectivity index (χ2v) is 7.02. The SMILES string of the molecule is CC(C)(C)CC(=O)NCCc1c[nH]c(-c2ccc(Cl)cc2)n1. The first-order chi connectivity index (χ1) is 10.3. The van der Waals surface area contributed by atoms with Gasteiger partial charge in [-0.25, -0.2) is 4.98 Å². The third-order valence-corrected chi connectivity index (χ3v) is 3.39. The fraction of sp³-hybridized carbons (Fsp3) is 0.412. The molecule has 1 aromatic heterocycles. The number of aromatic amines is 1. The first kappa shape index (κ1) is 16.6. The van der Waals surface area contributed by atoms with E-state index in [1.165, 1.54) is 0 Å². The average Bonchev–Trinajstić information content (AvgIpc) is 2.86. The molecule has 2 N–H and O–H groups in total. The normalized spacial score (nSPS) is 11.5. The van der Waals surface area contributed by atoms with E-state index in [0.29, 0.717) is 24.4 Å². The molecule has 0 spiro atoms. The molecule has 0 unspecified atom stereocenters. The number of nitrogens with one attached hydrogen (secondary N) is 2. The average molecular weight is 320 g/mol. The Bertz CT molecular complexity index is 626. The van der Waals surface area contributed by atoms with Crippen LogP contribution in [0.25, 0.3) is 11.4 Å². The van der Waals surface area contributed by atoms with Crippen molar-refractivity contribution in [2.45, 2.75) is 33.6 Å². The number of amides is 1. The minimum absolute atomic E-state index is 0.0121. The van der Waals surface area contributed by atoms with E-state index >= 15 is 0 Å². The van der Waals surface area contributed by atoms with Crippen molar-refractivity contribution in [3.05, 3.63) is 41.2 Å². The first-order valence-electron chi connectivity index (χ1n) is 7.40. The van der Waals surface area contributed by atoms with Crippen LogP contribution in [0.3, 0.4) is 0 Å². The van der Waals surface area contributed by atoms with Crippen molar-refractivity contribution < 1.29 is 4.79 Å². The fourth-order valence-electron chi connectivity index (χ4n) is 2.12. The molecule has 0 aliphatic rings. The van der Waals surface area contributed by atoms with Crippen molar-refractivity contribution in [2.75, 3.05) is 6.54 Å². The molecule has 0 fully saturated rings. The highest BCUT2D eigenvalue weighted by molar-refractivity contribution is 6.30. The molecule has 2 aromatic rings. The van der Waals surface area contributed by atoms with Crippen molar-refractivity contribution in [3.63, 3.8) is 0 Å². The molecule has 1 heterocycles. The summed E-state index contributed by atoms with van der Waals surface area (Å²) in [6.45, 7) is 6.76. The molecule has 22 heavy (non-hydrogen) atoms. The minimum Gasteiger partial charge on any atom is -0.356 e. The molecule has 118 valence electrons. The van der Waals surface area contributed by atoms with Crippen LogP contribution in [-0.2, 0) is 11.2 Å². The van der Waals surface area contributed by atoms with E-state index in [4.69, 9.17) is 11.6 Å². The van der Waals surface area contributed by atoms with Gasteiger partial charge in [0.1, 0.15) is 5.82 Å². The number of hydrogen-bond donors (Lipinski definition) is 2. The van der Waals surface area contributed by atoms with Crippen LogP contribution >= 0.6 is 11.6 Å². The zero-order valence-electron chi connectivity index (χ0n) is 13.2. The van der Waals surface area contributed by atoms with Gasteiger partial charge in [-0.15, -0.1) is 0 Å². The van der Waals surface area contributed by atoms with Crippen LogP contribution in [0.5, 0.6) is 0 Å². The Hall–Kier alpha value is -1.81. The lowest BCUT2D eigenvalue weighted by atomic mass is 9.92. The predicted octanol–water partition coefficient (Wildman–Crippen LogP) is 3.83. The topological polar surface area (TPSA) is 57.8 Å². The van der Waals surface area contributed by atoms with Crippen LogP contribution in [0.2, 0.25) is 5.02 Å². The molecule has 2 rings (SSSR count). The number of aromatic nitrogens is 2. The van der Waals surface area contributed by atoms with Gasteiger partial charge >= 0.3 is 0 Å². The summed E-state index contributed by atoms with van der Waals surface area (Å²) in [7, 11) is 0. The van der Waals surface area contributed by atoms with Gasteiger partial charge in [0.2, 0.25) is 5.91 Å². The van der Waals surface area contributed by atoms with Crippen molar-refractivity contribution in [3.8, 4) is 11.4 Å². The molecule has 0 radical (unpaired) electrons. The Kier molecular flexibility index (Phi) is 5.24. The fourth-order valence-corrected chi connectivity index (χ4v) is 2.24. The van der Waals surface area contributed by atoms with Crippen molar-refractivity contribution in [2.24, 2.45) is 5.41 Å². The number of imidazole rings is 1. The third-order valence-electron chi connectivity index (χ3n) is 3.14. The molecule has 4 nitrogen and oxygen atoms in total. The summed E-state index contributed by atoms with van der Waals surface area (Å²) in [5.41, 5.74) is 1.94. The van der Waals surface area contributed by atoms with E-state index in [9.17, 15) is 4.79 Å². The zero-order chi connectivity index (χ0) is 16.2. The number of carbonyl (C=O) groups excluding carboxylic acids is 1. The number of rotatable bonds is 5. The number of hydrogen-bond acceptors (Lipinski definition) is 2. The summed E-state index contributed by atoms with van der Waals surface area (Å²) in [6.07, 6.45) is 3.11. The van der Waals surface area contributed by atoms with Crippen LogP contribution < -0.4 is 5.32 Å². The number of H-pyrrole nitrogens is 1. The molecule has 1 amide bonds. The molecule has 0 saturated carbocycles. The van der Waals surface area contributed by atoms with Gasteiger partial charge in [-0.2, -0.15) is 0 Å². The molecule has 0 atom stereocenters. The zero-order valence-corrected chi connectivity index (χ0v) is 14.0. The highest BCUT2D eigenvalue weighted by Gasteiger charge is 2.15. The van der Waals surface area contributed by atoms with Gasteiger partial charge in [0.05, 0.1) is 5.69 Å². The lowest BCUT2D eigenvalue weighted by molar-refractivity contribution is -0.122. The van der Waals surface area contributed by atoms with Gasteiger partial charge < -0.3 is 10.3 Å². The van der Waals surface area contributed by atoms with Gasteiger partial charge in [0.25, 0.3) is 0 Å². The summed E-state index contributed by atoms with van der Waals surface area (Å²) in [5, 5.41) is 3.64. The largest absolute Gasteiger partial charge is 0.356 e. The maximum Gasteiger partial charge on any atom is 0.220 e. The lowest BCUT2D eigenvalue weighted by Gasteiger charge is -2.17. The molecule has 5 heteroatoms. The Labute approximate surface area is 136 Å². The highest BCUT2D eigenvalue weighted by Crippen LogP contribution is 2.19. The van der Waals surface area contributed by atoms with Gasteiger partial charge in [-0.05, 0) is 29.7 Å². The smallest absolute Gasteiger partial charge is 0.220 e. The van der Waals surface area contributed by atoms with E-state index in [1.807, 2.05) is 30.5 Å². The summed E-state index contributed by atoms with van der Waals surface area (Å²) < 4.78 is 0. The lowest BCUT2D eigenvalue weighted by Crippen LogP contribution is -2.29. The summed E-state index contributed by atoms with van der Waals surface area (Å²) in [4.78, 5) is 19.4. The monoisotopic (exact) mass is 319 g/mol. The van der Waals surface area contributed by atoms with Crippen LogP contribution in [0.1, 0.15) is 32.9 Å². The van der Waals surface area contributed by atoms with E-state index < -0.39 is 0 Å². The molecule has 0 aliphatic carbocycles. The maximum atomic E-state index is 11.8. The number of benzene rings is 1. The van der Waals surface area contributed by atoms with Gasteiger partial charge in [0.15, 0.2) is 0 Å². The first-order valence-corrected chi connectivity index (χ1v) is 7.78. The molecule has 0 bridgehead atoms. The molecular formula is C17H22ClN3O. The second kappa shape index (κ2) is 6.97. The summed E-state index contributed by atoms with van der Waals surface area (Å²) >= 11 is 5.88. The van der Waals surface area contributed by atoms with Gasteiger partial charge in [0, 0.05) is 36.2 Å². The van der Waals surface area contributed by atoms with E-state index in [2.05, 4.69) is 36.1 Å². The Morgan fingerprint density at radius 1 is 1.27 bits per heavy atom. The van der Waals surface area contributed by atoms with Gasteiger partial charge in [-0.1, -0.05) is 32.4 Å². The molecule has 1 aromatic carbocycles. The summed E-state index contributed by atoms with van der Waals surface area (Å²) in [6, 6.07) is 7.53. The Morgan fingerprint density at radius 2 is 1.95 bits per heavy atom. The summed E-state index contributed by atoms with van der Waals surface area (Å²) in [5.74, 6) is 0.897. The van der Waals surface area contributed by atoms with E-state index in [-0.39, 0.29) is 11.3 Å². The third kappa shape index (κ3) is 5.19. The minimum atomic E-state index is 0.0121. The quantitative estimate of drug-likeness (QED) is 0.880. The van der Waals surface area contributed by atoms with Crippen LogP contribution in [0, 0.1) is 5.41 Å². The maximum absolute atomic E-state index is 11.8. The highest BCUT2D eigenvalue weighted by atomic mass is 35.5.